The molecule has 28 heavy (non-hydrogen) atoms. The molecular formula is C19H20N6O3. The molecule has 0 atom stereocenters. The first-order valence-electron chi connectivity index (χ1n) is 8.83. The predicted octanol–water partition coefficient (Wildman–Crippen LogP) is 1.21. The van der Waals surface area contributed by atoms with Crippen LogP contribution in [0.5, 0.6) is 0 Å². The van der Waals surface area contributed by atoms with Crippen molar-refractivity contribution in [3.63, 3.8) is 0 Å². The van der Waals surface area contributed by atoms with Gasteiger partial charge in [-0.15, -0.1) is 0 Å². The molecule has 2 aromatic heterocycles. The van der Waals surface area contributed by atoms with Gasteiger partial charge in [0.15, 0.2) is 0 Å². The topological polar surface area (TPSA) is 111 Å². The molecule has 0 aliphatic rings. The van der Waals surface area contributed by atoms with Crippen LogP contribution < -0.4 is 16.2 Å². The van der Waals surface area contributed by atoms with Gasteiger partial charge >= 0.3 is 0 Å². The highest BCUT2D eigenvalue weighted by atomic mass is 16.2. The predicted molar refractivity (Wildman–Crippen MR) is 103 cm³/mol. The third-order valence-corrected chi connectivity index (χ3v) is 3.86. The van der Waals surface area contributed by atoms with Gasteiger partial charge in [-0.05, 0) is 42.8 Å². The van der Waals surface area contributed by atoms with E-state index >= 15 is 0 Å². The van der Waals surface area contributed by atoms with E-state index in [1.165, 1.54) is 16.8 Å². The van der Waals surface area contributed by atoms with Crippen LogP contribution in [-0.4, -0.2) is 37.9 Å². The Balaban J connectivity index is 1.54. The van der Waals surface area contributed by atoms with Crippen molar-refractivity contribution in [2.45, 2.75) is 19.9 Å². The molecule has 2 amide bonds. The maximum atomic E-state index is 12.2. The highest BCUT2D eigenvalue weighted by Crippen LogP contribution is 2.12. The van der Waals surface area contributed by atoms with Crippen molar-refractivity contribution in [1.29, 1.82) is 0 Å². The number of carbonyl (C=O) groups excluding carboxylic acids is 2. The summed E-state index contributed by atoms with van der Waals surface area (Å²) in [6.45, 7) is 2.12. The van der Waals surface area contributed by atoms with E-state index in [1.807, 2.05) is 31.3 Å². The molecule has 0 saturated carbocycles. The number of carbonyl (C=O) groups is 2. The molecule has 0 saturated heterocycles. The lowest BCUT2D eigenvalue weighted by atomic mass is 10.3. The quantitative estimate of drug-likeness (QED) is 0.640. The average Bonchev–Trinajstić information content (AvgIpc) is 3.23. The number of hydrogen-bond donors (Lipinski definition) is 2. The lowest BCUT2D eigenvalue weighted by molar-refractivity contribution is -0.115. The van der Waals surface area contributed by atoms with Gasteiger partial charge in [-0.1, -0.05) is 6.92 Å². The Morgan fingerprint density at radius 3 is 2.57 bits per heavy atom. The van der Waals surface area contributed by atoms with Gasteiger partial charge in [0.25, 0.3) is 11.5 Å². The molecule has 9 nitrogen and oxygen atoms in total. The molecule has 0 bridgehead atoms. The maximum absolute atomic E-state index is 12.2. The van der Waals surface area contributed by atoms with Crippen LogP contribution >= 0.6 is 0 Å². The normalized spacial score (nSPS) is 10.5. The minimum atomic E-state index is -0.519. The van der Waals surface area contributed by atoms with Crippen molar-refractivity contribution < 1.29 is 9.59 Å². The fraction of sp³-hybridized carbons (Fsp3) is 0.211. The maximum Gasteiger partial charge on any atom is 0.272 e. The standard InChI is InChI=1S/C19H20N6O3/c1-2-11-25-18(27)9-8-16(23-25)19(28)20-13-17(26)22-14-4-6-15(7-5-14)24-12-3-10-21-24/h3-10,12H,2,11,13H2,1H3,(H,20,28)(H,22,26). The number of aryl methyl sites for hydroxylation is 1. The van der Waals surface area contributed by atoms with Crippen LogP contribution in [0.25, 0.3) is 5.69 Å². The summed E-state index contributed by atoms with van der Waals surface area (Å²) >= 11 is 0. The molecule has 0 radical (unpaired) electrons. The Morgan fingerprint density at radius 1 is 1.11 bits per heavy atom. The Morgan fingerprint density at radius 2 is 1.89 bits per heavy atom. The molecule has 0 aliphatic heterocycles. The van der Waals surface area contributed by atoms with Crippen molar-refractivity contribution in [3.8, 4) is 5.69 Å². The lowest BCUT2D eigenvalue weighted by Crippen LogP contribution is -2.35. The van der Waals surface area contributed by atoms with E-state index < -0.39 is 5.91 Å². The van der Waals surface area contributed by atoms with E-state index in [1.54, 1.807) is 23.0 Å². The Bertz CT molecular complexity index is 1010. The van der Waals surface area contributed by atoms with Crippen LogP contribution in [0, 0.1) is 0 Å². The van der Waals surface area contributed by atoms with E-state index in [0.717, 1.165) is 12.1 Å². The first-order chi connectivity index (χ1) is 13.6. The summed E-state index contributed by atoms with van der Waals surface area (Å²) in [4.78, 5) is 35.9. The average molecular weight is 380 g/mol. The van der Waals surface area contributed by atoms with Crippen LogP contribution in [0.1, 0.15) is 23.8 Å². The van der Waals surface area contributed by atoms with Crippen molar-refractivity contribution in [2.75, 3.05) is 11.9 Å². The van der Waals surface area contributed by atoms with E-state index in [9.17, 15) is 14.4 Å². The van der Waals surface area contributed by atoms with E-state index in [2.05, 4.69) is 20.8 Å². The molecule has 0 fully saturated rings. The van der Waals surface area contributed by atoms with E-state index in [0.29, 0.717) is 12.2 Å². The first-order valence-corrected chi connectivity index (χ1v) is 8.83. The molecular weight excluding hydrogens is 360 g/mol. The molecule has 2 heterocycles. The van der Waals surface area contributed by atoms with Gasteiger partial charge in [0.1, 0.15) is 5.69 Å². The highest BCUT2D eigenvalue weighted by Gasteiger charge is 2.11. The van der Waals surface area contributed by atoms with Crippen molar-refractivity contribution in [3.05, 3.63) is 70.9 Å². The second-order valence-corrected chi connectivity index (χ2v) is 6.01. The zero-order valence-electron chi connectivity index (χ0n) is 15.3. The van der Waals surface area contributed by atoms with Gasteiger partial charge < -0.3 is 10.6 Å². The van der Waals surface area contributed by atoms with Gasteiger partial charge in [-0.3, -0.25) is 14.4 Å². The molecule has 2 N–H and O–H groups in total. The number of nitrogens with zero attached hydrogens (tertiary/aromatic N) is 4. The third-order valence-electron chi connectivity index (χ3n) is 3.86. The van der Waals surface area contributed by atoms with Crippen molar-refractivity contribution in [2.24, 2.45) is 0 Å². The summed E-state index contributed by atoms with van der Waals surface area (Å²) in [5.74, 6) is -0.892. The fourth-order valence-electron chi connectivity index (χ4n) is 2.52. The summed E-state index contributed by atoms with van der Waals surface area (Å²) in [5.41, 5.74) is 1.29. The van der Waals surface area contributed by atoms with E-state index in [-0.39, 0.29) is 23.7 Å². The van der Waals surface area contributed by atoms with Crippen LogP contribution in [0.4, 0.5) is 5.69 Å². The number of anilines is 1. The number of aromatic nitrogens is 4. The first kappa shape index (κ1) is 19.0. The summed E-state index contributed by atoms with van der Waals surface area (Å²) < 4.78 is 2.94. The summed E-state index contributed by atoms with van der Waals surface area (Å²) in [6.07, 6.45) is 4.22. The smallest absolute Gasteiger partial charge is 0.272 e. The second-order valence-electron chi connectivity index (χ2n) is 6.01. The Kier molecular flexibility index (Phi) is 5.95. The van der Waals surface area contributed by atoms with E-state index in [4.69, 9.17) is 0 Å². The molecule has 144 valence electrons. The van der Waals surface area contributed by atoms with Gasteiger partial charge in [0.05, 0.1) is 12.2 Å². The lowest BCUT2D eigenvalue weighted by Gasteiger charge is -2.09. The van der Waals surface area contributed by atoms with Crippen molar-refractivity contribution in [1.82, 2.24) is 24.9 Å². The van der Waals surface area contributed by atoms with Crippen molar-refractivity contribution >= 4 is 17.5 Å². The molecule has 0 aliphatic carbocycles. The van der Waals surface area contributed by atoms with Crippen LogP contribution in [-0.2, 0) is 11.3 Å². The number of benzene rings is 1. The Hall–Kier alpha value is -3.75. The van der Waals surface area contributed by atoms with Gasteiger partial charge in [-0.2, -0.15) is 10.2 Å². The number of rotatable bonds is 7. The largest absolute Gasteiger partial charge is 0.342 e. The number of amides is 2. The summed E-state index contributed by atoms with van der Waals surface area (Å²) in [5, 5.41) is 13.3. The third kappa shape index (κ3) is 4.70. The fourth-order valence-corrected chi connectivity index (χ4v) is 2.52. The zero-order valence-corrected chi connectivity index (χ0v) is 15.3. The van der Waals surface area contributed by atoms with Gasteiger partial charge in [-0.25, -0.2) is 9.36 Å². The minimum absolute atomic E-state index is 0.0874. The SMILES string of the molecule is CCCn1nc(C(=O)NCC(=O)Nc2ccc(-n3cccn3)cc2)ccc1=O. The van der Waals surface area contributed by atoms with Crippen LogP contribution in [0.15, 0.2) is 59.7 Å². The van der Waals surface area contributed by atoms with Gasteiger partial charge in [0, 0.05) is 30.7 Å². The molecule has 9 heteroatoms. The molecule has 3 rings (SSSR count). The number of hydrogen-bond acceptors (Lipinski definition) is 5. The highest BCUT2D eigenvalue weighted by molar-refractivity contribution is 5.98. The second kappa shape index (κ2) is 8.76. The number of nitrogens with one attached hydrogen (secondary N) is 2. The zero-order chi connectivity index (χ0) is 19.9. The molecule has 3 aromatic rings. The van der Waals surface area contributed by atoms with Crippen LogP contribution in [0.3, 0.4) is 0 Å². The minimum Gasteiger partial charge on any atom is -0.342 e. The molecule has 1 aromatic carbocycles. The van der Waals surface area contributed by atoms with Crippen LogP contribution in [0.2, 0.25) is 0 Å². The summed E-state index contributed by atoms with van der Waals surface area (Å²) in [6, 6.07) is 11.6. The molecule has 0 spiro atoms. The van der Waals surface area contributed by atoms with Gasteiger partial charge in [0.2, 0.25) is 5.91 Å². The molecule has 0 unspecified atom stereocenters. The monoisotopic (exact) mass is 380 g/mol. The Labute approximate surface area is 161 Å². The summed E-state index contributed by atoms with van der Waals surface area (Å²) in [7, 11) is 0.